The van der Waals surface area contributed by atoms with Crippen LogP contribution in [0.4, 0.5) is 11.6 Å². The second-order valence-electron chi connectivity index (χ2n) is 4.37. The molecule has 0 saturated carbocycles. The average Bonchev–Trinajstić information content (AvgIpc) is 2.51. The highest BCUT2D eigenvalue weighted by Crippen LogP contribution is 2.15. The normalized spacial score (nSPS) is 20.7. The van der Waals surface area contributed by atoms with Crippen LogP contribution in [-0.4, -0.2) is 58.2 Å². The number of rotatable bonds is 1. The number of nitrogens with two attached hydrogens (primary N) is 1. The lowest BCUT2D eigenvalue weighted by Gasteiger charge is -2.22. The Hall–Kier alpha value is -1.89. The van der Waals surface area contributed by atoms with E-state index in [-0.39, 0.29) is 5.91 Å². The number of aromatic nitrogens is 2. The van der Waals surface area contributed by atoms with Gasteiger partial charge in [0.2, 0.25) is 5.91 Å². The van der Waals surface area contributed by atoms with E-state index in [1.54, 1.807) is 11.0 Å². The van der Waals surface area contributed by atoms with Gasteiger partial charge in [-0.1, -0.05) is 0 Å². The lowest BCUT2D eigenvalue weighted by atomic mass is 10.3. The van der Waals surface area contributed by atoms with Crippen molar-refractivity contribution in [2.75, 3.05) is 36.8 Å². The van der Waals surface area contributed by atoms with E-state index in [2.05, 4.69) is 9.97 Å². The number of hydrogen-bond acceptors (Lipinski definition) is 6. The fraction of sp³-hybridized carbons (Fsp3) is 0.545. The van der Waals surface area contributed by atoms with Crippen LogP contribution in [0.2, 0.25) is 0 Å². The predicted molar refractivity (Wildman–Crippen MR) is 66.9 cm³/mol. The molecule has 1 aromatic rings. The third-order valence-electron chi connectivity index (χ3n) is 2.95. The Kier molecular flexibility index (Phi) is 3.61. The van der Waals surface area contributed by atoms with Crippen LogP contribution in [0.25, 0.3) is 0 Å². The maximum atomic E-state index is 11.3. The van der Waals surface area contributed by atoms with E-state index in [4.69, 9.17) is 5.73 Å². The summed E-state index contributed by atoms with van der Waals surface area (Å²) in [7, 11) is 0. The molecule has 1 saturated heterocycles. The Morgan fingerprint density at radius 1 is 1.44 bits per heavy atom. The van der Waals surface area contributed by atoms with Crippen LogP contribution in [0.15, 0.2) is 12.4 Å². The molecule has 0 unspecified atom stereocenters. The molecule has 7 nitrogen and oxygen atoms in total. The van der Waals surface area contributed by atoms with Crippen LogP contribution in [0, 0.1) is 0 Å². The summed E-state index contributed by atoms with van der Waals surface area (Å²) in [6.07, 6.45) is 0.803. The van der Waals surface area contributed by atoms with E-state index < -0.39 is 6.10 Å². The zero-order valence-electron chi connectivity index (χ0n) is 10.3. The lowest BCUT2D eigenvalue weighted by Crippen LogP contribution is -2.36. The molecule has 0 aromatic carbocycles. The summed E-state index contributed by atoms with van der Waals surface area (Å²) in [5.74, 6) is 1.03. The number of hydrogen-bond donors (Lipinski definition) is 2. The molecule has 0 bridgehead atoms. The fourth-order valence-electron chi connectivity index (χ4n) is 2.02. The van der Waals surface area contributed by atoms with Gasteiger partial charge in [0.05, 0.1) is 6.10 Å². The molecule has 1 aliphatic heterocycles. The summed E-state index contributed by atoms with van der Waals surface area (Å²) in [4.78, 5) is 22.9. The molecule has 98 valence electrons. The molecule has 7 heteroatoms. The third-order valence-corrected chi connectivity index (χ3v) is 2.95. The molecule has 0 radical (unpaired) electrons. The van der Waals surface area contributed by atoms with Crippen molar-refractivity contribution in [3.05, 3.63) is 12.4 Å². The number of carbonyl (C=O) groups is 1. The van der Waals surface area contributed by atoms with Gasteiger partial charge in [0, 0.05) is 39.2 Å². The predicted octanol–water partition coefficient (Wildman–Crippen LogP) is -0.912. The Morgan fingerprint density at radius 3 is 2.89 bits per heavy atom. The van der Waals surface area contributed by atoms with Crippen LogP contribution in [0.1, 0.15) is 6.92 Å². The summed E-state index contributed by atoms with van der Waals surface area (Å²) in [5.41, 5.74) is 5.61. The third kappa shape index (κ3) is 2.86. The van der Waals surface area contributed by atoms with Gasteiger partial charge in [0.25, 0.3) is 0 Å². The maximum absolute atomic E-state index is 11.3. The smallest absolute Gasteiger partial charge is 0.219 e. The Morgan fingerprint density at radius 2 is 2.22 bits per heavy atom. The van der Waals surface area contributed by atoms with Gasteiger partial charge in [-0.15, -0.1) is 0 Å². The average molecular weight is 251 g/mol. The van der Waals surface area contributed by atoms with Crippen LogP contribution in [0.5, 0.6) is 0 Å². The molecule has 1 fully saturated rings. The van der Waals surface area contributed by atoms with Crippen molar-refractivity contribution in [3.8, 4) is 0 Å². The highest BCUT2D eigenvalue weighted by molar-refractivity contribution is 5.73. The minimum atomic E-state index is -0.590. The number of amides is 1. The first kappa shape index (κ1) is 12.6. The summed E-state index contributed by atoms with van der Waals surface area (Å²) < 4.78 is 0. The van der Waals surface area contributed by atoms with Crippen molar-refractivity contribution in [1.82, 2.24) is 14.9 Å². The molecule has 2 heterocycles. The summed E-state index contributed by atoms with van der Waals surface area (Å²) in [5, 5.41) is 9.90. The van der Waals surface area contributed by atoms with Crippen molar-refractivity contribution in [2.24, 2.45) is 0 Å². The van der Waals surface area contributed by atoms with Gasteiger partial charge >= 0.3 is 0 Å². The first-order valence-electron chi connectivity index (χ1n) is 5.82. The van der Waals surface area contributed by atoms with Crippen LogP contribution in [-0.2, 0) is 4.79 Å². The van der Waals surface area contributed by atoms with Gasteiger partial charge in [-0.3, -0.25) is 4.79 Å². The summed E-state index contributed by atoms with van der Waals surface area (Å²) in [6.45, 7) is 3.47. The molecule has 1 aromatic heterocycles. The number of carbonyl (C=O) groups excluding carboxylic acids is 1. The second-order valence-corrected chi connectivity index (χ2v) is 4.37. The van der Waals surface area contributed by atoms with E-state index in [9.17, 15) is 9.90 Å². The molecule has 1 amide bonds. The van der Waals surface area contributed by atoms with E-state index >= 15 is 0 Å². The standard InChI is InChI=1S/C11H17N5O2/c1-8(17)15-2-3-16(6-9(18)5-15)11-4-10(12)13-7-14-11/h4,7,9,18H,2-3,5-6H2,1H3,(H2,12,13,14)/t9-/m0/s1. The van der Waals surface area contributed by atoms with Crippen LogP contribution < -0.4 is 10.6 Å². The Labute approximate surface area is 105 Å². The first-order chi connectivity index (χ1) is 8.56. The van der Waals surface area contributed by atoms with Crippen molar-refractivity contribution < 1.29 is 9.90 Å². The molecule has 18 heavy (non-hydrogen) atoms. The first-order valence-corrected chi connectivity index (χ1v) is 5.82. The second kappa shape index (κ2) is 5.18. The molecule has 1 atom stereocenters. The topological polar surface area (TPSA) is 95.6 Å². The highest BCUT2D eigenvalue weighted by Gasteiger charge is 2.23. The summed E-state index contributed by atoms with van der Waals surface area (Å²) in [6, 6.07) is 1.66. The van der Waals surface area contributed by atoms with Gasteiger partial charge in [0.15, 0.2) is 0 Å². The van der Waals surface area contributed by atoms with Crippen LogP contribution >= 0.6 is 0 Å². The minimum Gasteiger partial charge on any atom is -0.389 e. The van der Waals surface area contributed by atoms with Gasteiger partial charge in [-0.2, -0.15) is 0 Å². The van der Waals surface area contributed by atoms with Gasteiger partial charge in [-0.05, 0) is 0 Å². The zero-order valence-corrected chi connectivity index (χ0v) is 10.3. The highest BCUT2D eigenvalue weighted by atomic mass is 16.3. The quantitative estimate of drug-likeness (QED) is 0.671. The molecule has 0 spiro atoms. The molecule has 2 rings (SSSR count). The van der Waals surface area contributed by atoms with Gasteiger partial charge in [0.1, 0.15) is 18.0 Å². The zero-order chi connectivity index (χ0) is 13.1. The molecule has 0 aliphatic carbocycles. The summed E-state index contributed by atoms with van der Waals surface area (Å²) >= 11 is 0. The number of aliphatic hydroxyl groups is 1. The molecular formula is C11H17N5O2. The molecule has 1 aliphatic rings. The minimum absolute atomic E-state index is 0.0295. The number of nitrogen functional groups attached to an aromatic ring is 1. The number of anilines is 2. The largest absolute Gasteiger partial charge is 0.389 e. The monoisotopic (exact) mass is 251 g/mol. The van der Waals surface area contributed by atoms with Crippen molar-refractivity contribution in [2.45, 2.75) is 13.0 Å². The number of nitrogens with zero attached hydrogens (tertiary/aromatic N) is 4. The van der Waals surface area contributed by atoms with E-state index in [0.717, 1.165) is 0 Å². The Balaban J connectivity index is 2.13. The lowest BCUT2D eigenvalue weighted by molar-refractivity contribution is -0.129. The number of β-amino-alcohol motifs (C(OH)–C–C–N with tert-alkyl or cyclic N) is 1. The number of aliphatic hydroxyl groups excluding tert-OH is 1. The molecule has 3 N–H and O–H groups in total. The van der Waals surface area contributed by atoms with E-state index in [1.165, 1.54) is 13.3 Å². The molecular weight excluding hydrogens is 234 g/mol. The fourth-order valence-corrected chi connectivity index (χ4v) is 2.02. The SMILES string of the molecule is CC(=O)N1CCN(c2cc(N)ncn2)C[C@@H](O)C1. The van der Waals surface area contributed by atoms with Gasteiger partial charge < -0.3 is 20.6 Å². The van der Waals surface area contributed by atoms with Gasteiger partial charge in [-0.25, -0.2) is 9.97 Å². The van der Waals surface area contributed by atoms with E-state index in [1.807, 2.05) is 4.90 Å². The van der Waals surface area contributed by atoms with Crippen LogP contribution in [0.3, 0.4) is 0 Å². The van der Waals surface area contributed by atoms with E-state index in [0.29, 0.717) is 37.8 Å². The Bertz CT molecular complexity index is 439. The van der Waals surface area contributed by atoms with Crippen molar-refractivity contribution >= 4 is 17.5 Å². The van der Waals surface area contributed by atoms with Crippen molar-refractivity contribution in [1.29, 1.82) is 0 Å². The maximum Gasteiger partial charge on any atom is 0.219 e. The van der Waals surface area contributed by atoms with Crippen molar-refractivity contribution in [3.63, 3.8) is 0 Å².